The van der Waals surface area contributed by atoms with Gasteiger partial charge in [-0.3, -0.25) is 9.59 Å². The van der Waals surface area contributed by atoms with Gasteiger partial charge in [0.15, 0.2) is 6.04 Å². The first-order valence-corrected chi connectivity index (χ1v) is 8.21. The molecule has 1 heterocycles. The van der Waals surface area contributed by atoms with Crippen molar-refractivity contribution in [3.8, 4) is 0 Å². The Morgan fingerprint density at radius 1 is 1.16 bits per heavy atom. The van der Waals surface area contributed by atoms with Gasteiger partial charge in [0, 0.05) is 12.3 Å². The highest BCUT2D eigenvalue weighted by Crippen LogP contribution is 2.18. The highest BCUT2D eigenvalue weighted by atomic mass is 16.4. The molecular formula is C19H22N2O4. The van der Waals surface area contributed by atoms with E-state index >= 15 is 0 Å². The number of carbonyl (C=O) groups is 2. The number of nitrogens with zero attached hydrogens (tertiary/aromatic N) is 1. The number of aromatic nitrogens is 1. The van der Waals surface area contributed by atoms with Gasteiger partial charge in [-0.15, -0.1) is 0 Å². The van der Waals surface area contributed by atoms with Crippen molar-refractivity contribution in [3.63, 3.8) is 0 Å². The Morgan fingerprint density at radius 3 is 2.44 bits per heavy atom. The van der Waals surface area contributed by atoms with Crippen molar-refractivity contribution < 1.29 is 14.7 Å². The Morgan fingerprint density at radius 2 is 1.84 bits per heavy atom. The number of carboxylic acids is 1. The van der Waals surface area contributed by atoms with Gasteiger partial charge in [0.25, 0.3) is 5.56 Å². The summed E-state index contributed by atoms with van der Waals surface area (Å²) in [6.07, 6.45) is 2.75. The van der Waals surface area contributed by atoms with Crippen LogP contribution >= 0.6 is 0 Å². The average Bonchev–Trinajstić information content (AvgIpc) is 2.60. The van der Waals surface area contributed by atoms with E-state index < -0.39 is 24.0 Å². The van der Waals surface area contributed by atoms with Gasteiger partial charge in [0.05, 0.1) is 0 Å². The van der Waals surface area contributed by atoms with Crippen molar-refractivity contribution in [2.45, 2.75) is 38.8 Å². The smallest absolute Gasteiger partial charge is 0.330 e. The first-order valence-electron chi connectivity index (χ1n) is 8.21. The molecule has 1 aromatic heterocycles. The van der Waals surface area contributed by atoms with E-state index in [0.29, 0.717) is 18.4 Å². The van der Waals surface area contributed by atoms with Gasteiger partial charge in [0.1, 0.15) is 6.04 Å². The number of amides is 1. The highest BCUT2D eigenvalue weighted by molar-refractivity contribution is 5.86. The summed E-state index contributed by atoms with van der Waals surface area (Å²) in [5.74, 6) is -1.63. The molecule has 0 aliphatic carbocycles. The van der Waals surface area contributed by atoms with Gasteiger partial charge in [-0.2, -0.15) is 0 Å². The summed E-state index contributed by atoms with van der Waals surface area (Å²) in [7, 11) is 0. The zero-order valence-electron chi connectivity index (χ0n) is 14.3. The second kappa shape index (κ2) is 8.28. The third kappa shape index (κ3) is 4.56. The lowest BCUT2D eigenvalue weighted by atomic mass is 10.1. The van der Waals surface area contributed by atoms with E-state index in [0.717, 1.165) is 5.56 Å². The van der Waals surface area contributed by atoms with Crippen LogP contribution in [0, 0.1) is 6.92 Å². The second-order valence-electron chi connectivity index (χ2n) is 5.95. The molecule has 2 N–H and O–H groups in total. The van der Waals surface area contributed by atoms with Gasteiger partial charge in [-0.05, 0) is 24.5 Å². The Bertz CT molecular complexity index is 799. The molecule has 2 rings (SSSR count). The van der Waals surface area contributed by atoms with Crippen LogP contribution in [0.5, 0.6) is 0 Å². The van der Waals surface area contributed by atoms with Crippen molar-refractivity contribution >= 4 is 11.9 Å². The summed E-state index contributed by atoms with van der Waals surface area (Å²) < 4.78 is 1.37. The monoisotopic (exact) mass is 342 g/mol. The molecule has 1 amide bonds. The first kappa shape index (κ1) is 18.4. The maximum atomic E-state index is 12.8. The molecule has 2 aromatic rings. The van der Waals surface area contributed by atoms with Gasteiger partial charge >= 0.3 is 5.97 Å². The van der Waals surface area contributed by atoms with E-state index in [1.54, 1.807) is 42.6 Å². The molecule has 25 heavy (non-hydrogen) atoms. The van der Waals surface area contributed by atoms with Gasteiger partial charge in [-0.1, -0.05) is 49.7 Å². The Kier molecular flexibility index (Phi) is 6.11. The zero-order valence-corrected chi connectivity index (χ0v) is 14.3. The van der Waals surface area contributed by atoms with Crippen LogP contribution < -0.4 is 10.9 Å². The number of nitrogens with one attached hydrogen (secondary N) is 1. The molecule has 2 unspecified atom stereocenters. The third-order valence-electron chi connectivity index (χ3n) is 3.95. The lowest BCUT2D eigenvalue weighted by Crippen LogP contribution is -2.41. The van der Waals surface area contributed by atoms with E-state index in [4.69, 9.17) is 0 Å². The SMILES string of the molecule is CCCC(C(=O)NC(C(=O)O)c1ccccc1)n1cc(C)ccc1=O. The molecule has 1 aromatic carbocycles. The highest BCUT2D eigenvalue weighted by Gasteiger charge is 2.27. The molecule has 6 nitrogen and oxygen atoms in total. The van der Waals surface area contributed by atoms with Crippen LogP contribution in [0.2, 0.25) is 0 Å². The predicted molar refractivity (Wildman–Crippen MR) is 94.3 cm³/mol. The predicted octanol–water partition coefficient (Wildman–Crippen LogP) is 2.44. The Hall–Kier alpha value is -2.89. The molecule has 0 bridgehead atoms. The molecule has 0 aliphatic rings. The number of pyridine rings is 1. The third-order valence-corrected chi connectivity index (χ3v) is 3.95. The van der Waals surface area contributed by atoms with Crippen LogP contribution in [-0.4, -0.2) is 21.6 Å². The number of rotatable bonds is 7. The van der Waals surface area contributed by atoms with Crippen LogP contribution in [0.3, 0.4) is 0 Å². The molecule has 0 aliphatic heterocycles. The molecular weight excluding hydrogens is 320 g/mol. The molecule has 2 atom stereocenters. The molecule has 0 spiro atoms. The van der Waals surface area contributed by atoms with E-state index in [2.05, 4.69) is 5.32 Å². The largest absolute Gasteiger partial charge is 0.479 e. The van der Waals surface area contributed by atoms with Gasteiger partial charge in [-0.25, -0.2) is 4.79 Å². The Labute approximate surface area is 146 Å². The van der Waals surface area contributed by atoms with Crippen molar-refractivity contribution in [1.29, 1.82) is 0 Å². The number of benzene rings is 1. The maximum absolute atomic E-state index is 12.8. The molecule has 132 valence electrons. The molecule has 0 saturated carbocycles. The average molecular weight is 342 g/mol. The molecule has 6 heteroatoms. The fourth-order valence-electron chi connectivity index (χ4n) is 2.70. The molecule has 0 radical (unpaired) electrons. The van der Waals surface area contributed by atoms with E-state index in [9.17, 15) is 19.5 Å². The Balaban J connectivity index is 2.32. The van der Waals surface area contributed by atoms with Gasteiger partial charge < -0.3 is 15.0 Å². The topological polar surface area (TPSA) is 88.4 Å². The quantitative estimate of drug-likeness (QED) is 0.809. The fraction of sp³-hybridized carbons (Fsp3) is 0.316. The minimum absolute atomic E-state index is 0.286. The van der Waals surface area contributed by atoms with Crippen LogP contribution in [0.25, 0.3) is 0 Å². The van der Waals surface area contributed by atoms with E-state index in [1.165, 1.54) is 10.6 Å². The zero-order chi connectivity index (χ0) is 18.4. The minimum atomic E-state index is -1.16. The van der Waals surface area contributed by atoms with E-state index in [-0.39, 0.29) is 5.56 Å². The van der Waals surface area contributed by atoms with Crippen molar-refractivity contribution in [2.75, 3.05) is 0 Å². The maximum Gasteiger partial charge on any atom is 0.330 e. The number of aliphatic carboxylic acids is 1. The number of hydrogen-bond acceptors (Lipinski definition) is 3. The van der Waals surface area contributed by atoms with Gasteiger partial charge in [0.2, 0.25) is 5.91 Å². The van der Waals surface area contributed by atoms with Crippen LogP contribution in [0.15, 0.2) is 53.5 Å². The standard InChI is InChI=1S/C19H22N2O4/c1-3-7-15(21-12-13(2)10-11-16(21)22)18(23)20-17(19(24)25)14-8-5-4-6-9-14/h4-6,8-12,15,17H,3,7H2,1-2H3,(H,20,23)(H,24,25). The second-order valence-corrected chi connectivity index (χ2v) is 5.95. The van der Waals surface area contributed by atoms with Crippen molar-refractivity contribution in [3.05, 3.63) is 70.1 Å². The summed E-state index contributed by atoms with van der Waals surface area (Å²) in [5.41, 5.74) is 1.05. The first-order chi connectivity index (χ1) is 11.9. The van der Waals surface area contributed by atoms with Crippen molar-refractivity contribution in [1.82, 2.24) is 9.88 Å². The number of aryl methyl sites for hydroxylation is 1. The summed E-state index contributed by atoms with van der Waals surface area (Å²) in [5, 5.41) is 12.0. The summed E-state index contributed by atoms with van der Waals surface area (Å²) in [6.45, 7) is 3.74. The number of hydrogen-bond donors (Lipinski definition) is 2. The normalized spacial score (nSPS) is 13.0. The van der Waals surface area contributed by atoms with Crippen LogP contribution in [0.1, 0.15) is 43.0 Å². The fourth-order valence-corrected chi connectivity index (χ4v) is 2.70. The minimum Gasteiger partial charge on any atom is -0.479 e. The summed E-state index contributed by atoms with van der Waals surface area (Å²) >= 11 is 0. The van der Waals surface area contributed by atoms with Crippen LogP contribution in [-0.2, 0) is 9.59 Å². The lowest BCUT2D eigenvalue weighted by Gasteiger charge is -2.22. The molecule has 0 fully saturated rings. The lowest BCUT2D eigenvalue weighted by molar-refractivity contribution is -0.142. The number of carbonyl (C=O) groups excluding carboxylic acids is 1. The summed E-state index contributed by atoms with van der Waals surface area (Å²) in [4.78, 5) is 36.5. The van der Waals surface area contributed by atoms with E-state index in [1.807, 2.05) is 13.8 Å². The molecule has 0 saturated heterocycles. The van der Waals surface area contributed by atoms with Crippen LogP contribution in [0.4, 0.5) is 0 Å². The summed E-state index contributed by atoms with van der Waals surface area (Å²) in [6, 6.07) is 9.69. The number of carboxylic acid groups (broad SMARTS) is 1. The van der Waals surface area contributed by atoms with Crippen molar-refractivity contribution in [2.24, 2.45) is 0 Å².